The van der Waals surface area contributed by atoms with E-state index < -0.39 is 11.6 Å². The minimum atomic E-state index is -0.732. The maximum absolute atomic E-state index is 13.7. The molecule has 1 heterocycles. The highest BCUT2D eigenvalue weighted by Crippen LogP contribution is 2.28. The normalized spacial score (nSPS) is 11.4. The summed E-state index contributed by atoms with van der Waals surface area (Å²) in [5.74, 6) is -1.39. The van der Waals surface area contributed by atoms with Crippen LogP contribution in [0.2, 0.25) is 0 Å². The Kier molecular flexibility index (Phi) is 4.83. The molecule has 4 rings (SSSR count). The number of fused-ring (bicyclic) bond motifs is 1. The molecule has 0 bridgehead atoms. The number of rotatable bonds is 4. The molecule has 0 amide bonds. The van der Waals surface area contributed by atoms with E-state index in [-0.39, 0.29) is 11.3 Å². The molecule has 3 nitrogen and oxygen atoms in total. The molecule has 3 aromatic carbocycles. The number of benzene rings is 3. The van der Waals surface area contributed by atoms with Crippen molar-refractivity contribution >= 4 is 33.4 Å². The Balaban J connectivity index is 1.61. The van der Waals surface area contributed by atoms with Gasteiger partial charge in [0.25, 0.3) is 0 Å². The van der Waals surface area contributed by atoms with Crippen molar-refractivity contribution in [1.29, 1.82) is 5.26 Å². The highest BCUT2D eigenvalue weighted by molar-refractivity contribution is 7.11. The number of nitrogens with one attached hydrogen (secondary N) is 1. The molecule has 6 heteroatoms. The first kappa shape index (κ1) is 17.8. The van der Waals surface area contributed by atoms with E-state index in [2.05, 4.69) is 22.4 Å². The molecule has 0 fully saturated rings. The van der Waals surface area contributed by atoms with Gasteiger partial charge in [-0.2, -0.15) is 5.26 Å². The molecule has 28 heavy (non-hydrogen) atoms. The van der Waals surface area contributed by atoms with Gasteiger partial charge in [0.05, 0.1) is 11.4 Å². The van der Waals surface area contributed by atoms with Crippen molar-refractivity contribution in [1.82, 2.24) is 4.98 Å². The summed E-state index contributed by atoms with van der Waals surface area (Å²) in [6.45, 7) is 0. The van der Waals surface area contributed by atoms with E-state index in [1.165, 1.54) is 23.6 Å². The van der Waals surface area contributed by atoms with E-state index >= 15 is 0 Å². The van der Waals surface area contributed by atoms with Gasteiger partial charge in [0.15, 0.2) is 0 Å². The number of nitrogens with zero attached hydrogens (tertiary/aromatic N) is 2. The lowest BCUT2D eigenvalue weighted by atomic mass is 10.1. The fourth-order valence-electron chi connectivity index (χ4n) is 2.78. The molecule has 4 aromatic rings. The molecule has 0 spiro atoms. The molecule has 0 unspecified atom stereocenters. The molecule has 0 aliphatic carbocycles. The van der Waals surface area contributed by atoms with Crippen LogP contribution in [0.15, 0.2) is 72.2 Å². The summed E-state index contributed by atoms with van der Waals surface area (Å²) in [6.07, 6.45) is 1.37. The van der Waals surface area contributed by atoms with E-state index in [4.69, 9.17) is 0 Å². The van der Waals surface area contributed by atoms with Crippen LogP contribution in [0.3, 0.4) is 0 Å². The van der Waals surface area contributed by atoms with Crippen molar-refractivity contribution in [2.45, 2.75) is 0 Å². The predicted molar refractivity (Wildman–Crippen MR) is 109 cm³/mol. The molecular formula is C22H13F2N3S. The Morgan fingerprint density at radius 2 is 1.86 bits per heavy atom. The first-order chi connectivity index (χ1) is 13.6. The lowest BCUT2D eigenvalue weighted by Gasteiger charge is -2.03. The van der Waals surface area contributed by atoms with Gasteiger partial charge in [0.2, 0.25) is 0 Å². The predicted octanol–water partition coefficient (Wildman–Crippen LogP) is 6.22. The molecule has 0 saturated carbocycles. The van der Waals surface area contributed by atoms with Gasteiger partial charge >= 0.3 is 0 Å². The monoisotopic (exact) mass is 389 g/mol. The quantitative estimate of drug-likeness (QED) is 0.422. The molecule has 1 N–H and O–H groups in total. The van der Waals surface area contributed by atoms with Gasteiger partial charge in [-0.3, -0.25) is 0 Å². The average Bonchev–Trinajstić information content (AvgIpc) is 3.19. The van der Waals surface area contributed by atoms with Gasteiger partial charge < -0.3 is 5.32 Å². The molecule has 0 aliphatic rings. The molecule has 1 aromatic heterocycles. The first-order valence-electron chi connectivity index (χ1n) is 8.41. The van der Waals surface area contributed by atoms with Crippen molar-refractivity contribution in [2.24, 2.45) is 0 Å². The first-order valence-corrected chi connectivity index (χ1v) is 9.29. The van der Waals surface area contributed by atoms with Gasteiger partial charge in [0, 0.05) is 23.2 Å². The number of hydrogen-bond donors (Lipinski definition) is 1. The van der Waals surface area contributed by atoms with E-state index in [1.54, 1.807) is 0 Å². The van der Waals surface area contributed by atoms with Gasteiger partial charge in [-0.05, 0) is 29.0 Å². The fraction of sp³-hybridized carbons (Fsp3) is 0. The number of aromatic nitrogens is 1. The zero-order valence-electron chi connectivity index (χ0n) is 14.5. The zero-order chi connectivity index (χ0) is 19.5. The Morgan fingerprint density at radius 1 is 1.04 bits per heavy atom. The number of nitriles is 1. The maximum Gasteiger partial charge on any atom is 0.149 e. The highest BCUT2D eigenvalue weighted by atomic mass is 32.1. The van der Waals surface area contributed by atoms with Crippen molar-refractivity contribution in [3.8, 4) is 17.3 Å². The second kappa shape index (κ2) is 7.59. The van der Waals surface area contributed by atoms with Crippen molar-refractivity contribution in [3.63, 3.8) is 0 Å². The van der Waals surface area contributed by atoms with Crippen molar-refractivity contribution in [3.05, 3.63) is 88.9 Å². The summed E-state index contributed by atoms with van der Waals surface area (Å²) in [6, 6.07) is 19.4. The van der Waals surface area contributed by atoms with Crippen LogP contribution < -0.4 is 5.32 Å². The van der Waals surface area contributed by atoms with Crippen LogP contribution in [0.5, 0.6) is 0 Å². The van der Waals surface area contributed by atoms with Crippen molar-refractivity contribution in [2.75, 3.05) is 5.32 Å². The highest BCUT2D eigenvalue weighted by Gasteiger charge is 2.10. The molecule has 0 aliphatic heterocycles. The Morgan fingerprint density at radius 3 is 2.64 bits per heavy atom. The summed E-state index contributed by atoms with van der Waals surface area (Å²) >= 11 is 1.33. The van der Waals surface area contributed by atoms with Crippen LogP contribution in [0.25, 0.3) is 27.6 Å². The topological polar surface area (TPSA) is 48.7 Å². The Bertz CT molecular complexity index is 1240. The third kappa shape index (κ3) is 3.61. The smallest absolute Gasteiger partial charge is 0.149 e. The number of thiazole rings is 1. The Hall–Kier alpha value is -3.56. The van der Waals surface area contributed by atoms with E-state index in [9.17, 15) is 14.0 Å². The van der Waals surface area contributed by atoms with Crippen LogP contribution in [-0.2, 0) is 0 Å². The third-order valence-electron chi connectivity index (χ3n) is 4.20. The summed E-state index contributed by atoms with van der Waals surface area (Å²) in [5, 5.41) is 16.8. The summed E-state index contributed by atoms with van der Waals surface area (Å²) in [7, 11) is 0. The average molecular weight is 389 g/mol. The largest absolute Gasteiger partial charge is 0.358 e. The molecule has 136 valence electrons. The molecular weight excluding hydrogens is 376 g/mol. The van der Waals surface area contributed by atoms with Crippen LogP contribution in [0.4, 0.5) is 14.5 Å². The summed E-state index contributed by atoms with van der Waals surface area (Å²) < 4.78 is 26.7. The summed E-state index contributed by atoms with van der Waals surface area (Å²) in [5.41, 5.74) is 2.07. The van der Waals surface area contributed by atoms with E-state index in [0.717, 1.165) is 34.2 Å². The van der Waals surface area contributed by atoms with Gasteiger partial charge in [-0.1, -0.05) is 36.4 Å². The maximum atomic E-state index is 13.7. The van der Waals surface area contributed by atoms with Crippen LogP contribution in [-0.4, -0.2) is 4.98 Å². The number of allylic oxidation sites excluding steroid dienone is 1. The SMILES string of the molecule is N#C/C(=C/Nc1ccc(F)cc1F)c1nc(-c2ccc3ccccc3c2)cs1. The fourth-order valence-corrected chi connectivity index (χ4v) is 3.57. The third-order valence-corrected chi connectivity index (χ3v) is 5.08. The van der Waals surface area contributed by atoms with Crippen LogP contribution >= 0.6 is 11.3 Å². The second-order valence-electron chi connectivity index (χ2n) is 6.04. The minimum Gasteiger partial charge on any atom is -0.358 e. The lowest BCUT2D eigenvalue weighted by molar-refractivity contribution is 0.586. The molecule has 0 radical (unpaired) electrons. The van der Waals surface area contributed by atoms with Crippen LogP contribution in [0, 0.1) is 23.0 Å². The molecule has 0 saturated heterocycles. The number of hydrogen-bond acceptors (Lipinski definition) is 4. The van der Waals surface area contributed by atoms with Gasteiger partial charge in [-0.25, -0.2) is 13.8 Å². The Labute approximate surface area is 164 Å². The zero-order valence-corrected chi connectivity index (χ0v) is 15.3. The standard InChI is InChI=1S/C22H13F2N3S/c23-18-7-8-20(19(24)10-18)26-12-17(11-25)22-27-21(13-28-22)16-6-5-14-3-1-2-4-15(14)9-16/h1-10,12-13,26H/b17-12-. The van der Waals surface area contributed by atoms with E-state index in [1.807, 2.05) is 41.8 Å². The summed E-state index contributed by atoms with van der Waals surface area (Å²) in [4.78, 5) is 4.54. The number of anilines is 1. The van der Waals surface area contributed by atoms with Crippen molar-refractivity contribution < 1.29 is 8.78 Å². The van der Waals surface area contributed by atoms with Crippen LogP contribution in [0.1, 0.15) is 5.01 Å². The minimum absolute atomic E-state index is 0.0838. The number of halogens is 2. The van der Waals surface area contributed by atoms with Gasteiger partial charge in [0.1, 0.15) is 28.3 Å². The molecule has 0 atom stereocenters. The van der Waals surface area contributed by atoms with Gasteiger partial charge in [-0.15, -0.1) is 11.3 Å². The van der Waals surface area contributed by atoms with E-state index in [0.29, 0.717) is 5.01 Å². The lowest BCUT2D eigenvalue weighted by Crippen LogP contribution is -1.94. The second-order valence-corrected chi connectivity index (χ2v) is 6.90.